The fourth-order valence-electron chi connectivity index (χ4n) is 4.26. The van der Waals surface area contributed by atoms with Gasteiger partial charge in [-0.15, -0.1) is 12.4 Å². The number of hydrogen-bond donors (Lipinski definition) is 1. The van der Waals surface area contributed by atoms with Crippen LogP contribution >= 0.6 is 24.0 Å². The van der Waals surface area contributed by atoms with Gasteiger partial charge in [-0.3, -0.25) is 4.98 Å². The van der Waals surface area contributed by atoms with Crippen LogP contribution in [-0.4, -0.2) is 43.9 Å². The van der Waals surface area contributed by atoms with Crippen LogP contribution in [-0.2, 0) is 11.3 Å². The van der Waals surface area contributed by atoms with E-state index in [9.17, 15) is 0 Å². The summed E-state index contributed by atoms with van der Waals surface area (Å²) >= 11 is 5.92. The van der Waals surface area contributed by atoms with Gasteiger partial charge in [0.15, 0.2) is 0 Å². The van der Waals surface area contributed by atoms with Crippen molar-refractivity contribution in [3.63, 3.8) is 0 Å². The molecular formula is C24H33Cl2N3O2. The Hall–Kier alpha value is -1.53. The topological polar surface area (TPSA) is 46.6 Å². The van der Waals surface area contributed by atoms with Gasteiger partial charge in [0.05, 0.1) is 24.7 Å². The van der Waals surface area contributed by atoms with Crippen molar-refractivity contribution >= 4 is 29.7 Å². The number of piperidine rings is 1. The zero-order chi connectivity index (χ0) is 20.6. The molecule has 2 aliphatic rings. The lowest BCUT2D eigenvalue weighted by molar-refractivity contribution is 0.104. The van der Waals surface area contributed by atoms with E-state index in [4.69, 9.17) is 21.1 Å². The third kappa shape index (κ3) is 7.53. The Balaban J connectivity index is 0.00000272. The molecule has 4 rings (SSSR count). The van der Waals surface area contributed by atoms with E-state index < -0.39 is 0 Å². The molecule has 0 unspecified atom stereocenters. The number of halogens is 2. The fraction of sp³-hybridized carbons (Fsp3) is 0.542. The van der Waals surface area contributed by atoms with Gasteiger partial charge in [-0.1, -0.05) is 23.7 Å². The van der Waals surface area contributed by atoms with Gasteiger partial charge >= 0.3 is 0 Å². The molecule has 0 saturated carbocycles. The van der Waals surface area contributed by atoms with E-state index in [1.165, 1.54) is 36.9 Å². The van der Waals surface area contributed by atoms with Crippen molar-refractivity contribution in [2.45, 2.75) is 44.8 Å². The Morgan fingerprint density at radius 3 is 2.65 bits per heavy atom. The lowest BCUT2D eigenvalue weighted by atomic mass is 9.94. The number of anilines is 1. The van der Waals surface area contributed by atoms with Crippen molar-refractivity contribution in [1.29, 1.82) is 0 Å². The van der Waals surface area contributed by atoms with Crippen LogP contribution in [0, 0.1) is 5.92 Å². The minimum atomic E-state index is 0. The molecule has 0 amide bonds. The lowest BCUT2D eigenvalue weighted by Gasteiger charge is -2.33. The maximum atomic E-state index is 5.98. The Kier molecular flexibility index (Phi) is 9.72. The lowest BCUT2D eigenvalue weighted by Crippen LogP contribution is -2.34. The standard InChI is InChI=1S/C24H32ClN3O2.ClH/c25-21-5-3-20(4-6-21)17-29-13-9-19-7-11-28(12-8-19)23-14-24(16-26-15-23)30-18-22-2-1-10-27-22;/h3-6,14-16,19,22,27H,1-2,7-13,17-18H2;1H/t22-;/m0./s1. The minimum absolute atomic E-state index is 0. The third-order valence-electron chi connectivity index (χ3n) is 6.14. The van der Waals surface area contributed by atoms with Gasteiger partial charge in [-0.05, 0) is 62.3 Å². The van der Waals surface area contributed by atoms with Gasteiger partial charge < -0.3 is 19.7 Å². The number of benzene rings is 1. The number of nitrogens with one attached hydrogen (secondary N) is 1. The summed E-state index contributed by atoms with van der Waals surface area (Å²) in [6, 6.07) is 10.5. The van der Waals surface area contributed by atoms with Crippen LogP contribution in [0.2, 0.25) is 5.02 Å². The first-order chi connectivity index (χ1) is 14.8. The normalized spacial score (nSPS) is 19.3. The van der Waals surface area contributed by atoms with Crippen LogP contribution in [0.4, 0.5) is 5.69 Å². The SMILES string of the molecule is Cl.Clc1ccc(COCCC2CCN(c3cncc(OC[C@@H]4CCCN4)c3)CC2)cc1. The summed E-state index contributed by atoms with van der Waals surface area (Å²) < 4.78 is 11.8. The molecule has 0 bridgehead atoms. The Morgan fingerprint density at radius 1 is 1.10 bits per heavy atom. The molecule has 1 atom stereocenters. The first-order valence-electron chi connectivity index (χ1n) is 11.1. The Morgan fingerprint density at radius 2 is 1.90 bits per heavy atom. The van der Waals surface area contributed by atoms with E-state index in [2.05, 4.69) is 21.3 Å². The maximum absolute atomic E-state index is 5.98. The molecule has 0 radical (unpaired) electrons. The molecule has 0 aliphatic carbocycles. The summed E-state index contributed by atoms with van der Waals surface area (Å²) in [6.07, 6.45) is 9.73. The van der Waals surface area contributed by atoms with Crippen LogP contribution in [0.1, 0.15) is 37.7 Å². The molecular weight excluding hydrogens is 433 g/mol. The van der Waals surface area contributed by atoms with Crippen LogP contribution < -0.4 is 15.0 Å². The minimum Gasteiger partial charge on any atom is -0.490 e. The number of hydrogen-bond acceptors (Lipinski definition) is 5. The van der Waals surface area contributed by atoms with Gasteiger partial charge in [0.2, 0.25) is 0 Å². The molecule has 7 heteroatoms. The van der Waals surface area contributed by atoms with Crippen LogP contribution in [0.15, 0.2) is 42.7 Å². The number of pyridine rings is 1. The van der Waals surface area contributed by atoms with Crippen molar-refractivity contribution in [2.24, 2.45) is 5.92 Å². The predicted octanol–water partition coefficient (Wildman–Crippen LogP) is 5.11. The average Bonchev–Trinajstić information content (AvgIpc) is 3.31. The van der Waals surface area contributed by atoms with Crippen LogP contribution in [0.25, 0.3) is 0 Å². The Labute approximate surface area is 196 Å². The van der Waals surface area contributed by atoms with E-state index in [0.29, 0.717) is 12.6 Å². The first-order valence-corrected chi connectivity index (χ1v) is 11.5. The second-order valence-corrected chi connectivity index (χ2v) is 8.82. The van der Waals surface area contributed by atoms with Crippen molar-refractivity contribution < 1.29 is 9.47 Å². The highest BCUT2D eigenvalue weighted by Crippen LogP contribution is 2.27. The molecule has 3 heterocycles. The molecule has 2 aromatic rings. The molecule has 5 nitrogen and oxygen atoms in total. The van der Waals surface area contributed by atoms with Crippen LogP contribution in [0.5, 0.6) is 5.75 Å². The second kappa shape index (κ2) is 12.5. The largest absolute Gasteiger partial charge is 0.490 e. The van der Waals surface area contributed by atoms with Gasteiger partial charge in [0, 0.05) is 36.8 Å². The molecule has 0 spiro atoms. The van der Waals surface area contributed by atoms with E-state index in [0.717, 1.165) is 56.0 Å². The van der Waals surface area contributed by atoms with Gasteiger partial charge in [0.1, 0.15) is 12.4 Å². The molecule has 2 saturated heterocycles. The zero-order valence-electron chi connectivity index (χ0n) is 18.0. The van der Waals surface area contributed by atoms with E-state index in [-0.39, 0.29) is 12.4 Å². The summed E-state index contributed by atoms with van der Waals surface area (Å²) in [4.78, 5) is 6.83. The highest BCUT2D eigenvalue weighted by atomic mass is 35.5. The Bertz CT molecular complexity index is 777. The fourth-order valence-corrected chi connectivity index (χ4v) is 4.38. The highest BCUT2D eigenvalue weighted by molar-refractivity contribution is 6.30. The van der Waals surface area contributed by atoms with Crippen LogP contribution in [0.3, 0.4) is 0 Å². The van der Waals surface area contributed by atoms with Gasteiger partial charge in [-0.2, -0.15) is 0 Å². The van der Waals surface area contributed by atoms with E-state index in [1.807, 2.05) is 36.7 Å². The van der Waals surface area contributed by atoms with Gasteiger partial charge in [0.25, 0.3) is 0 Å². The number of nitrogens with zero attached hydrogens (tertiary/aromatic N) is 2. The predicted molar refractivity (Wildman–Crippen MR) is 129 cm³/mol. The first kappa shape index (κ1) is 24.1. The smallest absolute Gasteiger partial charge is 0.139 e. The molecule has 170 valence electrons. The quantitative estimate of drug-likeness (QED) is 0.521. The number of aromatic nitrogens is 1. The maximum Gasteiger partial charge on any atom is 0.139 e. The second-order valence-electron chi connectivity index (χ2n) is 8.38. The monoisotopic (exact) mass is 465 g/mol. The summed E-state index contributed by atoms with van der Waals surface area (Å²) in [5.41, 5.74) is 2.34. The van der Waals surface area contributed by atoms with Crippen molar-refractivity contribution in [2.75, 3.05) is 37.7 Å². The number of rotatable bonds is 9. The van der Waals surface area contributed by atoms with Gasteiger partial charge in [-0.25, -0.2) is 0 Å². The van der Waals surface area contributed by atoms with Crippen molar-refractivity contribution in [1.82, 2.24) is 10.3 Å². The van der Waals surface area contributed by atoms with Crippen molar-refractivity contribution in [3.8, 4) is 5.75 Å². The molecule has 1 aromatic carbocycles. The summed E-state index contributed by atoms with van der Waals surface area (Å²) in [6.45, 7) is 5.43. The van der Waals surface area contributed by atoms with Crippen molar-refractivity contribution in [3.05, 3.63) is 53.3 Å². The molecule has 2 fully saturated rings. The van der Waals surface area contributed by atoms with E-state index in [1.54, 1.807) is 0 Å². The molecule has 2 aliphatic heterocycles. The highest BCUT2D eigenvalue weighted by Gasteiger charge is 2.20. The molecule has 31 heavy (non-hydrogen) atoms. The zero-order valence-corrected chi connectivity index (χ0v) is 19.5. The average molecular weight is 466 g/mol. The number of ether oxygens (including phenoxy) is 2. The summed E-state index contributed by atoms with van der Waals surface area (Å²) in [5, 5.41) is 4.24. The van der Waals surface area contributed by atoms with E-state index >= 15 is 0 Å². The molecule has 1 N–H and O–H groups in total. The molecule has 1 aromatic heterocycles. The summed E-state index contributed by atoms with van der Waals surface area (Å²) in [7, 11) is 0. The third-order valence-corrected chi connectivity index (χ3v) is 6.40. The summed E-state index contributed by atoms with van der Waals surface area (Å²) in [5.74, 6) is 1.60.